The summed E-state index contributed by atoms with van der Waals surface area (Å²) in [7, 11) is 0. The second kappa shape index (κ2) is 10.4. The second-order valence-electron chi connectivity index (χ2n) is 8.04. The molecular weight excluding hydrogens is 406 g/mol. The van der Waals surface area contributed by atoms with Crippen molar-refractivity contribution in [1.82, 2.24) is 15.4 Å². The molecule has 1 amide bonds. The zero-order chi connectivity index (χ0) is 22.3. The van der Waals surface area contributed by atoms with Gasteiger partial charge in [-0.3, -0.25) is 9.69 Å². The fourth-order valence-corrected chi connectivity index (χ4v) is 3.79. The Morgan fingerprint density at radius 1 is 1.19 bits per heavy atom. The van der Waals surface area contributed by atoms with Crippen LogP contribution in [0.25, 0.3) is 0 Å². The van der Waals surface area contributed by atoms with Crippen LogP contribution in [0.3, 0.4) is 0 Å². The SMILES string of the molecule is Cc1noc(C)c1COc1cccc(C(=O)NC[C@H]2CN(Cc3ccccc3)CCO2)c1. The first kappa shape index (κ1) is 22.0. The molecule has 0 unspecified atom stereocenters. The first-order valence-electron chi connectivity index (χ1n) is 10.9. The quantitative estimate of drug-likeness (QED) is 0.584. The monoisotopic (exact) mass is 435 g/mol. The van der Waals surface area contributed by atoms with Crippen LogP contribution in [0.2, 0.25) is 0 Å². The summed E-state index contributed by atoms with van der Waals surface area (Å²) in [5, 5.41) is 6.93. The van der Waals surface area contributed by atoms with Crippen LogP contribution >= 0.6 is 0 Å². The number of benzene rings is 2. The number of ether oxygens (including phenoxy) is 2. The van der Waals surface area contributed by atoms with Crippen molar-refractivity contribution in [3.8, 4) is 5.75 Å². The van der Waals surface area contributed by atoms with E-state index in [-0.39, 0.29) is 12.0 Å². The van der Waals surface area contributed by atoms with Gasteiger partial charge in [0.2, 0.25) is 0 Å². The third-order valence-corrected chi connectivity index (χ3v) is 5.62. The van der Waals surface area contributed by atoms with E-state index in [1.165, 1.54) is 5.56 Å². The Bertz CT molecular complexity index is 1020. The number of aromatic nitrogens is 1. The Kier molecular flexibility index (Phi) is 7.19. The predicted molar refractivity (Wildman–Crippen MR) is 121 cm³/mol. The standard InChI is InChI=1S/C25H29N3O4/c1-18-24(19(2)32-27-18)17-31-22-10-6-9-21(13-22)25(29)26-14-23-16-28(11-12-30-23)15-20-7-4-3-5-8-20/h3-10,13,23H,11-12,14-17H2,1-2H3,(H,26,29)/t23-/m0/s1. The first-order chi connectivity index (χ1) is 15.6. The number of morpholine rings is 1. The molecule has 2 heterocycles. The van der Waals surface area contributed by atoms with Crippen LogP contribution in [0.5, 0.6) is 5.75 Å². The highest BCUT2D eigenvalue weighted by atomic mass is 16.5. The summed E-state index contributed by atoms with van der Waals surface area (Å²) in [6, 6.07) is 17.6. The lowest BCUT2D eigenvalue weighted by Gasteiger charge is -2.33. The van der Waals surface area contributed by atoms with E-state index in [1.807, 2.05) is 32.0 Å². The molecule has 4 rings (SSSR count). The van der Waals surface area contributed by atoms with Crippen LogP contribution < -0.4 is 10.1 Å². The highest BCUT2D eigenvalue weighted by Gasteiger charge is 2.21. The van der Waals surface area contributed by atoms with Gasteiger partial charge in [-0.15, -0.1) is 0 Å². The van der Waals surface area contributed by atoms with Crippen molar-refractivity contribution in [3.05, 3.63) is 82.7 Å². The third-order valence-electron chi connectivity index (χ3n) is 5.62. The lowest BCUT2D eigenvalue weighted by molar-refractivity contribution is -0.0292. The van der Waals surface area contributed by atoms with Crippen molar-refractivity contribution >= 4 is 5.91 Å². The highest BCUT2D eigenvalue weighted by Crippen LogP contribution is 2.19. The summed E-state index contributed by atoms with van der Waals surface area (Å²) in [5.74, 6) is 1.22. The lowest BCUT2D eigenvalue weighted by atomic mass is 10.1. The van der Waals surface area contributed by atoms with Crippen molar-refractivity contribution < 1.29 is 18.8 Å². The molecule has 0 bridgehead atoms. The summed E-state index contributed by atoms with van der Waals surface area (Å²) in [5.41, 5.74) is 3.57. The number of amides is 1. The molecule has 0 aliphatic carbocycles. The molecule has 1 aliphatic rings. The van der Waals surface area contributed by atoms with Gasteiger partial charge in [0.15, 0.2) is 0 Å². The van der Waals surface area contributed by atoms with Gasteiger partial charge in [0.25, 0.3) is 5.91 Å². The molecule has 1 N–H and O–H groups in total. The molecule has 0 radical (unpaired) electrons. The number of rotatable bonds is 8. The lowest BCUT2D eigenvalue weighted by Crippen LogP contribution is -2.47. The molecule has 0 spiro atoms. The van der Waals surface area contributed by atoms with Gasteiger partial charge in [-0.05, 0) is 37.6 Å². The minimum Gasteiger partial charge on any atom is -0.489 e. The fourth-order valence-electron chi connectivity index (χ4n) is 3.79. The molecule has 1 saturated heterocycles. The van der Waals surface area contributed by atoms with Crippen molar-refractivity contribution in [2.75, 3.05) is 26.2 Å². The minimum atomic E-state index is -0.142. The maximum absolute atomic E-state index is 12.7. The Hall–Kier alpha value is -3.16. The number of hydrogen-bond donors (Lipinski definition) is 1. The summed E-state index contributed by atoms with van der Waals surface area (Å²) >= 11 is 0. The van der Waals surface area contributed by atoms with Gasteiger partial charge in [-0.25, -0.2) is 0 Å². The zero-order valence-electron chi connectivity index (χ0n) is 18.5. The van der Waals surface area contributed by atoms with Gasteiger partial charge >= 0.3 is 0 Å². The number of carbonyl (C=O) groups is 1. The van der Waals surface area contributed by atoms with E-state index in [4.69, 9.17) is 14.0 Å². The molecule has 32 heavy (non-hydrogen) atoms. The molecule has 7 heteroatoms. The Labute approximate surface area is 188 Å². The highest BCUT2D eigenvalue weighted by molar-refractivity contribution is 5.94. The van der Waals surface area contributed by atoms with Crippen LogP contribution in [-0.4, -0.2) is 48.3 Å². The minimum absolute atomic E-state index is 0.0320. The van der Waals surface area contributed by atoms with Gasteiger partial charge in [-0.2, -0.15) is 0 Å². The largest absolute Gasteiger partial charge is 0.489 e. The van der Waals surface area contributed by atoms with Crippen LogP contribution in [0.15, 0.2) is 59.1 Å². The number of nitrogens with one attached hydrogen (secondary N) is 1. The Morgan fingerprint density at radius 2 is 2.03 bits per heavy atom. The summed E-state index contributed by atoms with van der Waals surface area (Å²) in [4.78, 5) is 15.1. The molecule has 1 atom stereocenters. The van der Waals surface area contributed by atoms with E-state index in [9.17, 15) is 4.79 Å². The maximum atomic E-state index is 12.7. The van der Waals surface area contributed by atoms with E-state index in [2.05, 4.69) is 39.6 Å². The normalized spacial score (nSPS) is 16.6. The molecule has 1 fully saturated rings. The molecule has 1 aliphatic heterocycles. The summed E-state index contributed by atoms with van der Waals surface area (Å²) in [6.07, 6.45) is -0.0320. The van der Waals surface area contributed by atoms with E-state index in [0.717, 1.165) is 36.7 Å². The van der Waals surface area contributed by atoms with Gasteiger partial charge in [0.1, 0.15) is 18.1 Å². The summed E-state index contributed by atoms with van der Waals surface area (Å²) in [6.45, 7) is 7.79. The van der Waals surface area contributed by atoms with Crippen molar-refractivity contribution in [2.45, 2.75) is 33.1 Å². The molecule has 1 aromatic heterocycles. The molecule has 3 aromatic rings. The van der Waals surface area contributed by atoms with Crippen molar-refractivity contribution in [1.29, 1.82) is 0 Å². The fraction of sp³-hybridized carbons (Fsp3) is 0.360. The zero-order valence-corrected chi connectivity index (χ0v) is 18.5. The first-order valence-corrected chi connectivity index (χ1v) is 10.9. The van der Waals surface area contributed by atoms with Crippen LogP contribution in [0, 0.1) is 13.8 Å². The van der Waals surface area contributed by atoms with E-state index in [0.29, 0.717) is 31.1 Å². The Morgan fingerprint density at radius 3 is 2.81 bits per heavy atom. The molecule has 0 saturated carbocycles. The molecule has 7 nitrogen and oxygen atoms in total. The maximum Gasteiger partial charge on any atom is 0.251 e. The van der Waals surface area contributed by atoms with Crippen LogP contribution in [0.1, 0.15) is 32.9 Å². The second-order valence-corrected chi connectivity index (χ2v) is 8.04. The van der Waals surface area contributed by atoms with E-state index < -0.39 is 0 Å². The van der Waals surface area contributed by atoms with Crippen LogP contribution in [-0.2, 0) is 17.9 Å². The third kappa shape index (κ3) is 5.75. The van der Waals surface area contributed by atoms with E-state index in [1.54, 1.807) is 12.1 Å². The molecule has 2 aromatic carbocycles. The Balaban J connectivity index is 1.28. The van der Waals surface area contributed by atoms with Crippen molar-refractivity contribution in [3.63, 3.8) is 0 Å². The smallest absolute Gasteiger partial charge is 0.251 e. The summed E-state index contributed by atoms with van der Waals surface area (Å²) < 4.78 is 16.9. The number of aryl methyl sites for hydroxylation is 2. The van der Waals surface area contributed by atoms with Crippen LogP contribution in [0.4, 0.5) is 0 Å². The predicted octanol–water partition coefficient (Wildman–Crippen LogP) is 3.50. The molecule has 168 valence electrons. The number of hydrogen-bond acceptors (Lipinski definition) is 6. The number of carbonyl (C=O) groups excluding carboxylic acids is 1. The average Bonchev–Trinajstić information content (AvgIpc) is 3.14. The number of nitrogens with zero attached hydrogens (tertiary/aromatic N) is 2. The van der Waals surface area contributed by atoms with Gasteiger partial charge < -0.3 is 19.3 Å². The van der Waals surface area contributed by atoms with E-state index >= 15 is 0 Å². The van der Waals surface area contributed by atoms with Gasteiger partial charge in [0, 0.05) is 31.7 Å². The van der Waals surface area contributed by atoms with Gasteiger partial charge in [-0.1, -0.05) is 41.6 Å². The molecular formula is C25H29N3O4. The van der Waals surface area contributed by atoms with Crippen molar-refractivity contribution in [2.24, 2.45) is 0 Å². The topological polar surface area (TPSA) is 76.8 Å². The van der Waals surface area contributed by atoms with Gasteiger partial charge in [0.05, 0.1) is 24.0 Å². The average molecular weight is 436 g/mol.